The average molecular weight is 335 g/mol. The molecule has 1 aliphatic heterocycles. The molecule has 1 aromatic carbocycles. The van der Waals surface area contributed by atoms with Crippen LogP contribution in [0.3, 0.4) is 0 Å². The first kappa shape index (κ1) is 17.3. The summed E-state index contributed by atoms with van der Waals surface area (Å²) in [5, 5.41) is 2.56. The Morgan fingerprint density at radius 2 is 1.87 bits per heavy atom. The second-order valence-electron chi connectivity index (χ2n) is 6.04. The third-order valence-corrected chi connectivity index (χ3v) is 4.49. The topological polar surface area (TPSA) is 69.7 Å². The molecule has 1 fully saturated rings. The molecule has 1 aliphatic rings. The van der Waals surface area contributed by atoms with Crippen LogP contribution in [0.5, 0.6) is 0 Å². The number of imide groups is 1. The number of thioether (sulfide) groups is 1. The fourth-order valence-electron chi connectivity index (χ4n) is 2.31. The molecular formula is C16H21N3O3S. The summed E-state index contributed by atoms with van der Waals surface area (Å²) >= 11 is 1.66. The lowest BCUT2D eigenvalue weighted by Crippen LogP contribution is -2.43. The molecule has 0 unspecified atom stereocenters. The number of hydrogen-bond donors (Lipinski definition) is 1. The van der Waals surface area contributed by atoms with Gasteiger partial charge in [-0.05, 0) is 37.8 Å². The lowest BCUT2D eigenvalue weighted by atomic mass is 10.1. The normalized spacial score (nSPS) is 16.4. The van der Waals surface area contributed by atoms with Gasteiger partial charge in [-0.2, -0.15) is 0 Å². The molecule has 2 rings (SSSR count). The number of carbonyl (C=O) groups excluding carboxylic acids is 3. The number of carbonyl (C=O) groups is 3. The first-order chi connectivity index (χ1) is 10.7. The Hall–Kier alpha value is -2.02. The quantitative estimate of drug-likeness (QED) is 0.657. The number of likely N-dealkylation sites (N-methyl/N-ethyl adjacent to an activating group) is 1. The monoisotopic (exact) mass is 335 g/mol. The van der Waals surface area contributed by atoms with E-state index < -0.39 is 11.6 Å². The third-order valence-electron chi connectivity index (χ3n) is 3.74. The van der Waals surface area contributed by atoms with Gasteiger partial charge >= 0.3 is 6.03 Å². The SMILES string of the molecule is CSc1ccc(CN(C)C(=O)CN2C(=O)NC(C)(C)C2=O)cc1. The minimum atomic E-state index is -0.955. The van der Waals surface area contributed by atoms with Crippen LogP contribution in [-0.2, 0) is 16.1 Å². The summed E-state index contributed by atoms with van der Waals surface area (Å²) in [5.41, 5.74) is 0.0417. The van der Waals surface area contributed by atoms with E-state index in [1.165, 1.54) is 4.90 Å². The number of rotatable bonds is 5. The van der Waals surface area contributed by atoms with Crippen molar-refractivity contribution in [3.05, 3.63) is 29.8 Å². The predicted octanol–water partition coefficient (Wildman–Crippen LogP) is 1.70. The zero-order chi connectivity index (χ0) is 17.2. The van der Waals surface area contributed by atoms with Gasteiger partial charge in [-0.3, -0.25) is 14.5 Å². The van der Waals surface area contributed by atoms with Crippen molar-refractivity contribution in [3.8, 4) is 0 Å². The van der Waals surface area contributed by atoms with Gasteiger partial charge in [0.15, 0.2) is 0 Å². The number of nitrogens with one attached hydrogen (secondary N) is 1. The summed E-state index contributed by atoms with van der Waals surface area (Å²) < 4.78 is 0. The van der Waals surface area contributed by atoms with E-state index in [1.807, 2.05) is 30.5 Å². The maximum Gasteiger partial charge on any atom is 0.325 e. The second kappa shape index (κ2) is 6.62. The van der Waals surface area contributed by atoms with Gasteiger partial charge in [0.1, 0.15) is 12.1 Å². The highest BCUT2D eigenvalue weighted by Crippen LogP contribution is 2.18. The maximum absolute atomic E-state index is 12.3. The molecule has 0 aromatic heterocycles. The van der Waals surface area contributed by atoms with Gasteiger partial charge in [0, 0.05) is 18.5 Å². The molecule has 0 spiro atoms. The van der Waals surface area contributed by atoms with Gasteiger partial charge in [-0.25, -0.2) is 4.79 Å². The van der Waals surface area contributed by atoms with Crippen LogP contribution in [0.25, 0.3) is 0 Å². The van der Waals surface area contributed by atoms with Crippen molar-refractivity contribution in [1.29, 1.82) is 0 Å². The van der Waals surface area contributed by atoms with Crippen molar-refractivity contribution in [2.24, 2.45) is 0 Å². The van der Waals surface area contributed by atoms with E-state index in [0.717, 1.165) is 15.4 Å². The molecule has 1 N–H and O–H groups in total. The fourth-order valence-corrected chi connectivity index (χ4v) is 2.72. The van der Waals surface area contributed by atoms with Gasteiger partial charge in [-0.15, -0.1) is 11.8 Å². The molecule has 23 heavy (non-hydrogen) atoms. The Balaban J connectivity index is 1.97. The third kappa shape index (κ3) is 3.85. The van der Waals surface area contributed by atoms with Crippen molar-refractivity contribution < 1.29 is 14.4 Å². The molecule has 4 amide bonds. The van der Waals surface area contributed by atoms with E-state index >= 15 is 0 Å². The van der Waals surface area contributed by atoms with E-state index in [4.69, 9.17) is 0 Å². The van der Waals surface area contributed by atoms with Gasteiger partial charge < -0.3 is 10.2 Å². The van der Waals surface area contributed by atoms with Crippen molar-refractivity contribution in [1.82, 2.24) is 15.1 Å². The highest BCUT2D eigenvalue weighted by Gasteiger charge is 2.45. The Morgan fingerprint density at radius 3 is 2.35 bits per heavy atom. The van der Waals surface area contributed by atoms with Crippen LogP contribution in [0.4, 0.5) is 4.79 Å². The zero-order valence-corrected chi connectivity index (χ0v) is 14.6. The Morgan fingerprint density at radius 1 is 1.26 bits per heavy atom. The van der Waals surface area contributed by atoms with Crippen LogP contribution in [0, 0.1) is 0 Å². The largest absolute Gasteiger partial charge is 0.340 e. The first-order valence-electron chi connectivity index (χ1n) is 7.25. The van der Waals surface area contributed by atoms with Crippen LogP contribution in [0.1, 0.15) is 19.4 Å². The summed E-state index contributed by atoms with van der Waals surface area (Å²) in [6, 6.07) is 7.40. The maximum atomic E-state index is 12.3. The molecule has 0 bridgehead atoms. The van der Waals surface area contributed by atoms with Crippen LogP contribution >= 0.6 is 11.8 Å². The fraction of sp³-hybridized carbons (Fsp3) is 0.438. The van der Waals surface area contributed by atoms with E-state index in [9.17, 15) is 14.4 Å². The van der Waals surface area contributed by atoms with Crippen molar-refractivity contribution in [2.75, 3.05) is 19.8 Å². The number of benzene rings is 1. The van der Waals surface area contributed by atoms with E-state index in [1.54, 1.807) is 32.7 Å². The zero-order valence-electron chi connectivity index (χ0n) is 13.8. The van der Waals surface area contributed by atoms with Crippen LogP contribution < -0.4 is 5.32 Å². The molecule has 124 valence electrons. The minimum absolute atomic E-state index is 0.243. The molecule has 6 nitrogen and oxygen atoms in total. The highest BCUT2D eigenvalue weighted by molar-refractivity contribution is 7.98. The molecule has 1 aromatic rings. The molecule has 0 radical (unpaired) electrons. The molecule has 0 saturated carbocycles. The average Bonchev–Trinajstić information content (AvgIpc) is 2.69. The number of nitrogens with zero attached hydrogens (tertiary/aromatic N) is 2. The van der Waals surface area contributed by atoms with Gasteiger partial charge in [0.25, 0.3) is 5.91 Å². The van der Waals surface area contributed by atoms with E-state index in [0.29, 0.717) is 6.54 Å². The van der Waals surface area contributed by atoms with E-state index in [-0.39, 0.29) is 18.4 Å². The summed E-state index contributed by atoms with van der Waals surface area (Å²) in [5.74, 6) is -0.659. The summed E-state index contributed by atoms with van der Waals surface area (Å²) in [6.07, 6.45) is 2.00. The summed E-state index contributed by atoms with van der Waals surface area (Å²) in [6.45, 7) is 3.43. The van der Waals surface area contributed by atoms with Crippen molar-refractivity contribution in [2.45, 2.75) is 30.8 Å². The van der Waals surface area contributed by atoms with Gasteiger partial charge in [0.05, 0.1) is 0 Å². The molecule has 0 aliphatic carbocycles. The lowest BCUT2D eigenvalue weighted by molar-refractivity contribution is -0.138. The summed E-state index contributed by atoms with van der Waals surface area (Å²) in [4.78, 5) is 39.8. The van der Waals surface area contributed by atoms with Gasteiger partial charge in [-0.1, -0.05) is 12.1 Å². The highest BCUT2D eigenvalue weighted by atomic mass is 32.2. The van der Waals surface area contributed by atoms with Gasteiger partial charge in [0.2, 0.25) is 5.91 Å². The smallest absolute Gasteiger partial charge is 0.325 e. The molecule has 0 atom stereocenters. The Kier molecular flexibility index (Phi) is 4.99. The number of urea groups is 1. The van der Waals surface area contributed by atoms with Crippen molar-refractivity contribution >= 4 is 29.6 Å². The Labute approximate surface area is 140 Å². The van der Waals surface area contributed by atoms with Crippen LogP contribution in [0.15, 0.2) is 29.2 Å². The molecule has 1 saturated heterocycles. The van der Waals surface area contributed by atoms with Crippen molar-refractivity contribution in [3.63, 3.8) is 0 Å². The van der Waals surface area contributed by atoms with E-state index in [2.05, 4.69) is 5.32 Å². The Bertz CT molecular complexity index is 628. The molecule has 1 heterocycles. The minimum Gasteiger partial charge on any atom is -0.340 e. The van der Waals surface area contributed by atoms with Crippen LogP contribution in [0.2, 0.25) is 0 Å². The predicted molar refractivity (Wildman–Crippen MR) is 89.0 cm³/mol. The number of amides is 4. The standard InChI is InChI=1S/C16H21N3O3S/c1-16(2)14(21)19(15(22)17-16)10-13(20)18(3)9-11-5-7-12(23-4)8-6-11/h5-8H,9-10H2,1-4H3,(H,17,22). The lowest BCUT2D eigenvalue weighted by Gasteiger charge is -2.21. The second-order valence-corrected chi connectivity index (χ2v) is 6.92. The number of hydrogen-bond acceptors (Lipinski definition) is 4. The first-order valence-corrected chi connectivity index (χ1v) is 8.48. The molecular weight excluding hydrogens is 314 g/mol. The summed E-state index contributed by atoms with van der Waals surface area (Å²) in [7, 11) is 1.66. The molecule has 7 heteroatoms. The van der Waals surface area contributed by atoms with Crippen LogP contribution in [-0.4, -0.2) is 53.0 Å².